The second-order valence-electron chi connectivity index (χ2n) is 6.92. The van der Waals surface area contributed by atoms with E-state index in [0.29, 0.717) is 12.0 Å². The van der Waals surface area contributed by atoms with Gasteiger partial charge in [0.25, 0.3) is 5.91 Å². The van der Waals surface area contributed by atoms with Crippen LogP contribution in [0.4, 0.5) is 0 Å². The molecule has 1 N–H and O–H groups in total. The normalized spacial score (nSPS) is 22.4. The summed E-state index contributed by atoms with van der Waals surface area (Å²) < 4.78 is 30.0. The van der Waals surface area contributed by atoms with Gasteiger partial charge in [-0.3, -0.25) is 4.79 Å². The molecular formula is C18H19N3O5S. The predicted octanol–water partition coefficient (Wildman–Crippen LogP) is 0.890. The molecule has 4 rings (SSSR count). The average Bonchev–Trinajstić information content (AvgIpc) is 2.89. The van der Waals surface area contributed by atoms with Crippen LogP contribution in [0.2, 0.25) is 0 Å². The summed E-state index contributed by atoms with van der Waals surface area (Å²) in [5, 5.41) is 9.55. The number of carbonyl (C=O) groups is 1. The fourth-order valence-electron chi connectivity index (χ4n) is 3.81. The van der Waals surface area contributed by atoms with Crippen molar-refractivity contribution in [3.05, 3.63) is 48.3 Å². The second kappa shape index (κ2) is 6.49. The number of hydrogen-bond donors (Lipinski definition) is 1. The molecule has 1 spiro atoms. The van der Waals surface area contributed by atoms with E-state index in [1.165, 1.54) is 17.0 Å². The highest BCUT2D eigenvalue weighted by molar-refractivity contribution is 7.93. The minimum Gasteiger partial charge on any atom is -0.508 e. The standard InChI is InChI=1S/C18H19N3O5S/c22-15-4-1-3-13(9-15)16(23)21-11-18(12-21)14(5-8-27(18,24)25)10-26-17-19-6-2-7-20-17/h1-4,6-7,9,14,22H,5,8,10-12H2. The maximum atomic E-state index is 12.7. The SMILES string of the molecule is O=C(c1cccc(O)c1)N1CC2(C1)C(COc1ncccn1)CCS2(=O)=O. The van der Waals surface area contributed by atoms with Crippen molar-refractivity contribution in [2.75, 3.05) is 25.4 Å². The van der Waals surface area contributed by atoms with Crippen molar-refractivity contribution in [2.24, 2.45) is 5.92 Å². The van der Waals surface area contributed by atoms with Crippen molar-refractivity contribution in [3.63, 3.8) is 0 Å². The van der Waals surface area contributed by atoms with E-state index in [4.69, 9.17) is 4.74 Å². The average molecular weight is 389 g/mol. The highest BCUT2D eigenvalue weighted by atomic mass is 32.2. The van der Waals surface area contributed by atoms with Crippen LogP contribution in [0, 0.1) is 5.92 Å². The van der Waals surface area contributed by atoms with Crippen molar-refractivity contribution in [2.45, 2.75) is 11.2 Å². The van der Waals surface area contributed by atoms with Crippen LogP contribution in [0.1, 0.15) is 16.8 Å². The zero-order valence-corrected chi connectivity index (χ0v) is 15.3. The zero-order chi connectivity index (χ0) is 19.1. The number of hydrogen-bond acceptors (Lipinski definition) is 7. The fraction of sp³-hybridized carbons (Fsp3) is 0.389. The van der Waals surface area contributed by atoms with E-state index in [1.54, 1.807) is 30.6 Å². The molecule has 1 unspecified atom stereocenters. The molecule has 0 bridgehead atoms. The molecule has 2 aromatic rings. The van der Waals surface area contributed by atoms with Gasteiger partial charge in [0.05, 0.1) is 12.4 Å². The van der Waals surface area contributed by atoms with Gasteiger partial charge in [-0.05, 0) is 30.7 Å². The van der Waals surface area contributed by atoms with Gasteiger partial charge in [0, 0.05) is 37.0 Å². The molecule has 2 saturated heterocycles. The first kappa shape index (κ1) is 17.7. The predicted molar refractivity (Wildman–Crippen MR) is 96.2 cm³/mol. The summed E-state index contributed by atoms with van der Waals surface area (Å²) in [7, 11) is -3.32. The van der Waals surface area contributed by atoms with Crippen molar-refractivity contribution >= 4 is 15.7 Å². The van der Waals surface area contributed by atoms with Crippen LogP contribution in [-0.2, 0) is 9.84 Å². The quantitative estimate of drug-likeness (QED) is 0.827. The number of nitrogens with zero attached hydrogens (tertiary/aromatic N) is 3. The number of ether oxygens (including phenoxy) is 1. The van der Waals surface area contributed by atoms with Crippen molar-refractivity contribution in [1.82, 2.24) is 14.9 Å². The lowest BCUT2D eigenvalue weighted by Gasteiger charge is -2.49. The van der Waals surface area contributed by atoms with Crippen molar-refractivity contribution in [1.29, 1.82) is 0 Å². The Balaban J connectivity index is 1.48. The number of carbonyl (C=O) groups excluding carboxylic acids is 1. The Morgan fingerprint density at radius 2 is 2.00 bits per heavy atom. The van der Waals surface area contributed by atoms with Crippen LogP contribution in [0.15, 0.2) is 42.7 Å². The lowest BCUT2D eigenvalue weighted by Crippen LogP contribution is -2.68. The van der Waals surface area contributed by atoms with Gasteiger partial charge in [-0.15, -0.1) is 0 Å². The number of likely N-dealkylation sites (tertiary alicyclic amines) is 1. The van der Waals surface area contributed by atoms with Gasteiger partial charge in [-0.2, -0.15) is 0 Å². The van der Waals surface area contributed by atoms with Gasteiger partial charge in [-0.25, -0.2) is 18.4 Å². The van der Waals surface area contributed by atoms with Crippen LogP contribution < -0.4 is 4.74 Å². The van der Waals surface area contributed by atoms with E-state index in [9.17, 15) is 18.3 Å². The molecule has 2 aliphatic heterocycles. The van der Waals surface area contributed by atoms with Gasteiger partial charge in [0.1, 0.15) is 10.5 Å². The van der Waals surface area contributed by atoms with Crippen LogP contribution in [0.3, 0.4) is 0 Å². The number of phenols is 1. The van der Waals surface area contributed by atoms with Gasteiger partial charge in [0.15, 0.2) is 9.84 Å². The topological polar surface area (TPSA) is 110 Å². The van der Waals surface area contributed by atoms with Crippen molar-refractivity contribution < 1.29 is 23.1 Å². The molecule has 27 heavy (non-hydrogen) atoms. The van der Waals surface area contributed by atoms with E-state index in [0.717, 1.165) is 0 Å². The highest BCUT2D eigenvalue weighted by Gasteiger charge is 2.62. The molecule has 1 aromatic heterocycles. The first-order valence-electron chi connectivity index (χ1n) is 8.62. The zero-order valence-electron chi connectivity index (χ0n) is 14.5. The van der Waals surface area contributed by atoms with Gasteiger partial charge in [0.2, 0.25) is 0 Å². The molecule has 0 saturated carbocycles. The highest BCUT2D eigenvalue weighted by Crippen LogP contribution is 2.45. The lowest BCUT2D eigenvalue weighted by molar-refractivity contribution is 0.0403. The Morgan fingerprint density at radius 1 is 1.26 bits per heavy atom. The number of benzene rings is 1. The third-order valence-corrected chi connectivity index (χ3v) is 7.95. The van der Waals surface area contributed by atoms with Crippen LogP contribution in [0.5, 0.6) is 11.8 Å². The summed E-state index contributed by atoms with van der Waals surface area (Å²) >= 11 is 0. The molecule has 2 aliphatic rings. The summed E-state index contributed by atoms with van der Waals surface area (Å²) in [6, 6.07) is 7.93. The maximum absolute atomic E-state index is 12.7. The van der Waals surface area contributed by atoms with E-state index >= 15 is 0 Å². The number of sulfone groups is 1. The monoisotopic (exact) mass is 389 g/mol. The molecule has 1 amide bonds. The Labute approximate surface area is 156 Å². The molecule has 8 nitrogen and oxygen atoms in total. The molecule has 1 atom stereocenters. The number of phenolic OH excluding ortho intramolecular Hbond substituents is 1. The molecule has 9 heteroatoms. The lowest BCUT2D eigenvalue weighted by atomic mass is 9.83. The molecule has 0 aliphatic carbocycles. The summed E-state index contributed by atoms with van der Waals surface area (Å²) in [5.74, 6) is -0.423. The number of aromatic nitrogens is 2. The molecule has 3 heterocycles. The van der Waals surface area contributed by atoms with Gasteiger partial charge >= 0.3 is 6.01 Å². The van der Waals surface area contributed by atoms with Crippen LogP contribution in [-0.4, -0.2) is 64.5 Å². The molecule has 142 valence electrons. The number of amides is 1. The summed E-state index contributed by atoms with van der Waals surface area (Å²) in [6.07, 6.45) is 3.61. The van der Waals surface area contributed by atoms with E-state index < -0.39 is 14.6 Å². The first-order valence-corrected chi connectivity index (χ1v) is 10.3. The third-order valence-electron chi connectivity index (χ3n) is 5.35. The number of aromatic hydroxyl groups is 1. The van der Waals surface area contributed by atoms with E-state index in [-0.39, 0.29) is 49.0 Å². The molecular weight excluding hydrogens is 370 g/mol. The van der Waals surface area contributed by atoms with Crippen LogP contribution >= 0.6 is 0 Å². The maximum Gasteiger partial charge on any atom is 0.316 e. The largest absolute Gasteiger partial charge is 0.508 e. The first-order chi connectivity index (χ1) is 12.9. The molecule has 0 radical (unpaired) electrons. The Kier molecular flexibility index (Phi) is 4.26. The summed E-state index contributed by atoms with van der Waals surface area (Å²) in [4.78, 5) is 22.1. The molecule has 2 fully saturated rings. The smallest absolute Gasteiger partial charge is 0.316 e. The Bertz CT molecular complexity index is 958. The third kappa shape index (κ3) is 3.01. The minimum atomic E-state index is -3.32. The fourth-order valence-corrected chi connectivity index (χ4v) is 6.21. The summed E-state index contributed by atoms with van der Waals surface area (Å²) in [6.45, 7) is 0.457. The van der Waals surface area contributed by atoms with Gasteiger partial charge < -0.3 is 14.7 Å². The number of rotatable bonds is 4. The van der Waals surface area contributed by atoms with Gasteiger partial charge in [-0.1, -0.05) is 6.07 Å². The molecule has 1 aromatic carbocycles. The summed E-state index contributed by atoms with van der Waals surface area (Å²) in [5.41, 5.74) is 0.339. The Morgan fingerprint density at radius 3 is 2.70 bits per heavy atom. The van der Waals surface area contributed by atoms with E-state index in [2.05, 4.69) is 9.97 Å². The van der Waals surface area contributed by atoms with Crippen LogP contribution in [0.25, 0.3) is 0 Å². The second-order valence-corrected chi connectivity index (χ2v) is 9.37. The van der Waals surface area contributed by atoms with E-state index in [1.807, 2.05) is 0 Å². The minimum absolute atomic E-state index is 0.00119. The van der Waals surface area contributed by atoms with Crippen molar-refractivity contribution in [3.8, 4) is 11.8 Å². The Hall–Kier alpha value is -2.68.